The van der Waals surface area contributed by atoms with Crippen LogP contribution in [0.4, 0.5) is 0 Å². The predicted octanol–water partition coefficient (Wildman–Crippen LogP) is 1.16. The molecule has 5 heteroatoms. The van der Waals surface area contributed by atoms with Crippen molar-refractivity contribution in [3.05, 3.63) is 24.3 Å². The van der Waals surface area contributed by atoms with E-state index in [0.717, 1.165) is 24.3 Å². The average molecular weight is 218 g/mol. The minimum absolute atomic E-state index is 0.379. The van der Waals surface area contributed by atoms with E-state index in [1.54, 1.807) is 19.5 Å². The molecule has 16 heavy (non-hydrogen) atoms. The Bertz CT molecular complexity index is 502. The number of rotatable bonds is 2. The molecular formula is C11H14N4O. The zero-order chi connectivity index (χ0) is 11.0. The minimum Gasteiger partial charge on any atom is -0.481 e. The van der Waals surface area contributed by atoms with Crippen LogP contribution in [0.2, 0.25) is 0 Å². The van der Waals surface area contributed by atoms with Gasteiger partial charge in [-0.25, -0.2) is 4.98 Å². The standard InChI is InChI=1S/C11H14N4O/c1-16-11-6-12-5-10-14-9(7-15(10)11)8-3-2-4-13-8/h5-8,13H,2-4H2,1H3. The highest BCUT2D eigenvalue weighted by Gasteiger charge is 2.19. The largest absolute Gasteiger partial charge is 0.481 e. The second-order valence-electron chi connectivity index (χ2n) is 3.99. The molecule has 5 nitrogen and oxygen atoms in total. The summed E-state index contributed by atoms with van der Waals surface area (Å²) in [6.07, 6.45) is 7.84. The molecule has 0 amide bonds. The number of fused-ring (bicyclic) bond motifs is 1. The van der Waals surface area contributed by atoms with Gasteiger partial charge in [0.25, 0.3) is 0 Å². The van der Waals surface area contributed by atoms with Crippen LogP contribution in [0.1, 0.15) is 24.6 Å². The second-order valence-corrected chi connectivity index (χ2v) is 3.99. The lowest BCUT2D eigenvalue weighted by Gasteiger charge is -2.04. The number of nitrogens with one attached hydrogen (secondary N) is 1. The Hall–Kier alpha value is -1.62. The van der Waals surface area contributed by atoms with Crippen LogP contribution in [0.3, 0.4) is 0 Å². The Morgan fingerprint density at radius 2 is 2.44 bits per heavy atom. The van der Waals surface area contributed by atoms with Crippen molar-refractivity contribution in [1.82, 2.24) is 19.7 Å². The normalized spacial score (nSPS) is 20.4. The van der Waals surface area contributed by atoms with Gasteiger partial charge in [-0.15, -0.1) is 0 Å². The van der Waals surface area contributed by atoms with Gasteiger partial charge in [0.2, 0.25) is 5.88 Å². The smallest absolute Gasteiger partial charge is 0.218 e. The number of ether oxygens (including phenoxy) is 1. The number of nitrogens with zero attached hydrogens (tertiary/aromatic N) is 3. The van der Waals surface area contributed by atoms with Gasteiger partial charge >= 0.3 is 0 Å². The summed E-state index contributed by atoms with van der Waals surface area (Å²) in [4.78, 5) is 8.66. The maximum atomic E-state index is 5.24. The Morgan fingerprint density at radius 3 is 3.19 bits per heavy atom. The molecule has 1 aliphatic rings. The summed E-state index contributed by atoms with van der Waals surface area (Å²) in [6, 6.07) is 0.379. The average Bonchev–Trinajstić information content (AvgIpc) is 2.96. The first-order valence-corrected chi connectivity index (χ1v) is 5.49. The Kier molecular flexibility index (Phi) is 2.25. The molecule has 84 valence electrons. The molecule has 1 unspecified atom stereocenters. The fraction of sp³-hybridized carbons (Fsp3) is 0.455. The van der Waals surface area contributed by atoms with E-state index in [1.807, 2.05) is 10.6 Å². The van der Waals surface area contributed by atoms with E-state index in [0.29, 0.717) is 11.9 Å². The maximum absolute atomic E-state index is 5.24. The van der Waals surface area contributed by atoms with Gasteiger partial charge in [-0.05, 0) is 19.4 Å². The van der Waals surface area contributed by atoms with Gasteiger partial charge < -0.3 is 10.1 Å². The molecule has 0 radical (unpaired) electrons. The molecule has 1 N–H and O–H groups in total. The predicted molar refractivity (Wildman–Crippen MR) is 59.5 cm³/mol. The monoisotopic (exact) mass is 218 g/mol. The van der Waals surface area contributed by atoms with E-state index in [2.05, 4.69) is 15.3 Å². The zero-order valence-electron chi connectivity index (χ0n) is 9.18. The second kappa shape index (κ2) is 3.75. The van der Waals surface area contributed by atoms with E-state index >= 15 is 0 Å². The molecule has 1 aliphatic heterocycles. The number of methoxy groups -OCH3 is 1. The first kappa shape index (κ1) is 9.59. The van der Waals surface area contributed by atoms with Gasteiger partial charge in [0.15, 0.2) is 5.65 Å². The molecule has 0 spiro atoms. The van der Waals surface area contributed by atoms with Crippen LogP contribution >= 0.6 is 0 Å². The highest BCUT2D eigenvalue weighted by molar-refractivity contribution is 5.41. The summed E-state index contributed by atoms with van der Waals surface area (Å²) in [5.41, 5.74) is 1.91. The van der Waals surface area contributed by atoms with Gasteiger partial charge in [0, 0.05) is 6.20 Å². The quantitative estimate of drug-likeness (QED) is 0.822. The summed E-state index contributed by atoms with van der Waals surface area (Å²) >= 11 is 0. The van der Waals surface area contributed by atoms with Crippen LogP contribution < -0.4 is 10.1 Å². The SMILES string of the molecule is COc1cncc2nc(C3CCCN3)cn12. The molecule has 1 atom stereocenters. The van der Waals surface area contributed by atoms with Crippen LogP contribution in [0, 0.1) is 0 Å². The Labute approximate surface area is 93.5 Å². The topological polar surface area (TPSA) is 51.5 Å². The summed E-state index contributed by atoms with van der Waals surface area (Å²) in [5, 5.41) is 3.43. The lowest BCUT2D eigenvalue weighted by atomic mass is 10.2. The maximum Gasteiger partial charge on any atom is 0.218 e. The van der Waals surface area contributed by atoms with E-state index < -0.39 is 0 Å². The van der Waals surface area contributed by atoms with Crippen molar-refractivity contribution in [2.24, 2.45) is 0 Å². The Morgan fingerprint density at radius 1 is 1.50 bits per heavy atom. The third kappa shape index (κ3) is 1.44. The number of hydrogen-bond acceptors (Lipinski definition) is 4. The van der Waals surface area contributed by atoms with E-state index in [9.17, 15) is 0 Å². The highest BCUT2D eigenvalue weighted by Crippen LogP contribution is 2.23. The van der Waals surface area contributed by atoms with Gasteiger partial charge in [-0.1, -0.05) is 0 Å². The van der Waals surface area contributed by atoms with Gasteiger partial charge in [-0.2, -0.15) is 0 Å². The third-order valence-electron chi connectivity index (χ3n) is 2.99. The summed E-state index contributed by atoms with van der Waals surface area (Å²) in [5.74, 6) is 0.717. The zero-order valence-corrected chi connectivity index (χ0v) is 9.18. The number of hydrogen-bond donors (Lipinski definition) is 1. The van der Waals surface area contributed by atoms with E-state index in [4.69, 9.17) is 4.74 Å². The molecule has 2 aromatic heterocycles. The van der Waals surface area contributed by atoms with Gasteiger partial charge in [-0.3, -0.25) is 9.38 Å². The molecule has 0 saturated carbocycles. The van der Waals surface area contributed by atoms with Crippen LogP contribution in [-0.4, -0.2) is 28.0 Å². The van der Waals surface area contributed by atoms with E-state index in [1.165, 1.54) is 6.42 Å². The number of aromatic nitrogens is 3. The molecule has 1 saturated heterocycles. The van der Waals surface area contributed by atoms with Crippen molar-refractivity contribution in [1.29, 1.82) is 0 Å². The summed E-state index contributed by atoms with van der Waals surface area (Å²) in [6.45, 7) is 1.08. The summed E-state index contributed by atoms with van der Waals surface area (Å²) < 4.78 is 7.18. The fourth-order valence-electron chi connectivity index (χ4n) is 2.17. The molecule has 0 aliphatic carbocycles. The van der Waals surface area contributed by atoms with Crippen molar-refractivity contribution in [2.45, 2.75) is 18.9 Å². The summed E-state index contributed by atoms with van der Waals surface area (Å²) in [7, 11) is 1.64. The molecule has 0 bridgehead atoms. The minimum atomic E-state index is 0.379. The molecule has 3 rings (SSSR count). The van der Waals surface area contributed by atoms with Crippen molar-refractivity contribution >= 4 is 5.65 Å². The van der Waals surface area contributed by atoms with Gasteiger partial charge in [0.1, 0.15) is 0 Å². The van der Waals surface area contributed by atoms with Crippen LogP contribution in [0.25, 0.3) is 5.65 Å². The first-order chi connectivity index (χ1) is 7.88. The fourth-order valence-corrected chi connectivity index (χ4v) is 2.17. The van der Waals surface area contributed by atoms with Crippen LogP contribution in [-0.2, 0) is 0 Å². The molecule has 1 fully saturated rings. The van der Waals surface area contributed by atoms with Crippen molar-refractivity contribution in [3.63, 3.8) is 0 Å². The van der Waals surface area contributed by atoms with Crippen LogP contribution in [0.5, 0.6) is 5.88 Å². The molecule has 0 aromatic carbocycles. The Balaban J connectivity index is 2.07. The van der Waals surface area contributed by atoms with Crippen LogP contribution in [0.15, 0.2) is 18.6 Å². The highest BCUT2D eigenvalue weighted by atomic mass is 16.5. The molecule has 2 aromatic rings. The van der Waals surface area contributed by atoms with E-state index in [-0.39, 0.29) is 0 Å². The van der Waals surface area contributed by atoms with Crippen molar-refractivity contribution in [2.75, 3.05) is 13.7 Å². The molecular weight excluding hydrogens is 204 g/mol. The van der Waals surface area contributed by atoms with Crippen molar-refractivity contribution < 1.29 is 4.74 Å². The number of imidazole rings is 1. The first-order valence-electron chi connectivity index (χ1n) is 5.49. The third-order valence-corrected chi connectivity index (χ3v) is 2.99. The van der Waals surface area contributed by atoms with Gasteiger partial charge in [0.05, 0.1) is 31.2 Å². The lowest BCUT2D eigenvalue weighted by Crippen LogP contribution is -2.12. The lowest BCUT2D eigenvalue weighted by molar-refractivity contribution is 0.390. The molecule has 3 heterocycles. The van der Waals surface area contributed by atoms with Crippen molar-refractivity contribution in [3.8, 4) is 5.88 Å².